The second-order valence-corrected chi connectivity index (χ2v) is 4.52. The van der Waals surface area contributed by atoms with Gasteiger partial charge in [-0.1, -0.05) is 30.3 Å². The Hall–Kier alpha value is -1.42. The van der Waals surface area contributed by atoms with Gasteiger partial charge in [0.1, 0.15) is 5.75 Å². The minimum absolute atomic E-state index is 0. The van der Waals surface area contributed by atoms with Crippen LogP contribution >= 0.6 is 24.8 Å². The van der Waals surface area contributed by atoms with Crippen LogP contribution in [0.5, 0.6) is 5.75 Å². The van der Waals surface area contributed by atoms with Gasteiger partial charge in [-0.05, 0) is 42.8 Å². The molecule has 2 rings (SSSR count). The van der Waals surface area contributed by atoms with E-state index in [1.807, 2.05) is 37.4 Å². The Labute approximate surface area is 138 Å². The number of rotatable bonds is 5. The molecule has 2 aromatic carbocycles. The molecule has 0 bridgehead atoms. The quantitative estimate of drug-likeness (QED) is 0.824. The van der Waals surface area contributed by atoms with E-state index >= 15 is 0 Å². The van der Waals surface area contributed by atoms with Crippen LogP contribution in [0.25, 0.3) is 0 Å². The Bertz CT molecular complexity index is 532. The normalized spacial score (nSPS) is 11.0. The largest absolute Gasteiger partial charge is 0.497 e. The van der Waals surface area contributed by atoms with Gasteiger partial charge in [0.2, 0.25) is 0 Å². The molecule has 0 aliphatic heterocycles. The van der Waals surface area contributed by atoms with Gasteiger partial charge >= 0.3 is 0 Å². The molecule has 3 N–H and O–H groups in total. The smallest absolute Gasteiger partial charge is 0.118 e. The molecule has 3 nitrogen and oxygen atoms in total. The molecule has 0 radical (unpaired) electrons. The number of likely N-dealkylation sites (N-methyl/N-ethyl adjacent to an activating group) is 1. The van der Waals surface area contributed by atoms with Crippen LogP contribution in [-0.2, 0) is 6.42 Å². The Morgan fingerprint density at radius 2 is 1.67 bits per heavy atom. The van der Waals surface area contributed by atoms with Crippen molar-refractivity contribution < 1.29 is 4.74 Å². The topological polar surface area (TPSA) is 47.3 Å². The average Bonchev–Trinajstić information content (AvgIpc) is 2.47. The lowest BCUT2D eigenvalue weighted by Gasteiger charge is -2.18. The zero-order valence-electron chi connectivity index (χ0n) is 12.2. The van der Waals surface area contributed by atoms with Gasteiger partial charge in [0.25, 0.3) is 0 Å². The second-order valence-electron chi connectivity index (χ2n) is 4.52. The highest BCUT2D eigenvalue weighted by Gasteiger charge is 2.11. The first-order chi connectivity index (χ1) is 9.24. The molecule has 0 aromatic heterocycles. The van der Waals surface area contributed by atoms with Crippen LogP contribution in [-0.4, -0.2) is 14.2 Å². The first kappa shape index (κ1) is 19.6. The number of ether oxygens (including phenoxy) is 1. The van der Waals surface area contributed by atoms with E-state index in [1.165, 1.54) is 5.56 Å². The van der Waals surface area contributed by atoms with E-state index in [9.17, 15) is 0 Å². The summed E-state index contributed by atoms with van der Waals surface area (Å²) in [6.45, 7) is 0. The zero-order chi connectivity index (χ0) is 13.7. The summed E-state index contributed by atoms with van der Waals surface area (Å²) in [5.74, 6) is 0.873. The lowest BCUT2D eigenvalue weighted by molar-refractivity contribution is 0.414. The van der Waals surface area contributed by atoms with E-state index in [2.05, 4.69) is 23.5 Å². The summed E-state index contributed by atoms with van der Waals surface area (Å²) in [6.07, 6.45) is 0.871. The average molecular weight is 329 g/mol. The molecule has 1 atom stereocenters. The van der Waals surface area contributed by atoms with Gasteiger partial charge in [-0.15, -0.1) is 24.8 Å². The predicted molar refractivity (Wildman–Crippen MR) is 93.8 cm³/mol. The molecule has 0 aliphatic rings. The van der Waals surface area contributed by atoms with Crippen molar-refractivity contribution in [2.45, 2.75) is 12.5 Å². The fourth-order valence-electron chi connectivity index (χ4n) is 2.16. The van der Waals surface area contributed by atoms with Crippen LogP contribution in [0.4, 0.5) is 5.69 Å². The summed E-state index contributed by atoms with van der Waals surface area (Å²) in [5.41, 5.74) is 9.24. The van der Waals surface area contributed by atoms with Crippen molar-refractivity contribution >= 4 is 30.5 Å². The number of nitrogens with one attached hydrogen (secondary N) is 1. The van der Waals surface area contributed by atoms with Crippen molar-refractivity contribution in [1.29, 1.82) is 0 Å². The van der Waals surface area contributed by atoms with Crippen LogP contribution in [0.15, 0.2) is 48.5 Å². The van der Waals surface area contributed by atoms with Gasteiger partial charge in [-0.25, -0.2) is 0 Å². The highest BCUT2D eigenvalue weighted by Crippen LogP contribution is 2.23. The molecular weight excluding hydrogens is 307 g/mol. The fraction of sp³-hybridized carbons (Fsp3) is 0.250. The third-order valence-electron chi connectivity index (χ3n) is 3.35. The minimum atomic E-state index is 0. The highest BCUT2D eigenvalue weighted by atomic mass is 35.5. The third-order valence-corrected chi connectivity index (χ3v) is 3.35. The van der Waals surface area contributed by atoms with E-state index < -0.39 is 0 Å². The SMILES string of the molecule is CNC(Cc1ccccc1N)c1ccc(OC)cc1.Cl.Cl. The first-order valence-electron chi connectivity index (χ1n) is 6.39. The maximum absolute atomic E-state index is 6.00. The molecule has 1 unspecified atom stereocenters. The molecular formula is C16H22Cl2N2O. The van der Waals surface area contributed by atoms with Crippen molar-refractivity contribution in [3.05, 3.63) is 59.7 Å². The zero-order valence-corrected chi connectivity index (χ0v) is 13.8. The molecule has 21 heavy (non-hydrogen) atoms. The maximum atomic E-state index is 6.00. The Morgan fingerprint density at radius 1 is 1.05 bits per heavy atom. The molecule has 0 saturated heterocycles. The second kappa shape index (κ2) is 9.50. The van der Waals surface area contributed by atoms with Crippen molar-refractivity contribution in [3.63, 3.8) is 0 Å². The van der Waals surface area contributed by atoms with E-state index in [1.54, 1.807) is 7.11 Å². The molecule has 5 heteroatoms. The summed E-state index contributed by atoms with van der Waals surface area (Å²) < 4.78 is 5.18. The van der Waals surface area contributed by atoms with Gasteiger partial charge in [0.05, 0.1) is 7.11 Å². The van der Waals surface area contributed by atoms with Gasteiger partial charge in [-0.3, -0.25) is 0 Å². The number of benzene rings is 2. The molecule has 0 saturated carbocycles. The van der Waals surface area contributed by atoms with Crippen molar-refractivity contribution in [1.82, 2.24) is 5.32 Å². The summed E-state index contributed by atoms with van der Waals surface area (Å²) in [6, 6.07) is 16.4. The standard InChI is InChI=1S/C16H20N2O.2ClH/c1-18-16(11-13-5-3-4-6-15(13)17)12-7-9-14(19-2)10-8-12;;/h3-10,16,18H,11,17H2,1-2H3;2*1H. The molecule has 0 fully saturated rings. The van der Waals surface area contributed by atoms with Crippen molar-refractivity contribution in [2.24, 2.45) is 0 Å². The van der Waals surface area contributed by atoms with E-state index in [0.29, 0.717) is 0 Å². The molecule has 2 aromatic rings. The summed E-state index contributed by atoms with van der Waals surface area (Å²) in [5, 5.41) is 3.34. The van der Waals surface area contributed by atoms with E-state index in [4.69, 9.17) is 10.5 Å². The number of para-hydroxylation sites is 1. The van der Waals surface area contributed by atoms with Gasteiger partial charge in [0.15, 0.2) is 0 Å². The van der Waals surface area contributed by atoms with E-state index in [0.717, 1.165) is 23.4 Å². The predicted octanol–water partition coefficient (Wildman–Crippen LogP) is 3.62. The van der Waals surface area contributed by atoms with Crippen LogP contribution in [0.3, 0.4) is 0 Å². The lowest BCUT2D eigenvalue weighted by Crippen LogP contribution is -2.19. The molecule has 0 heterocycles. The lowest BCUT2D eigenvalue weighted by atomic mass is 9.98. The van der Waals surface area contributed by atoms with Crippen LogP contribution in [0.1, 0.15) is 17.2 Å². The third kappa shape index (κ3) is 5.12. The van der Waals surface area contributed by atoms with Crippen LogP contribution in [0, 0.1) is 0 Å². The highest BCUT2D eigenvalue weighted by molar-refractivity contribution is 5.85. The number of halogens is 2. The number of hydrogen-bond acceptors (Lipinski definition) is 3. The Balaban J connectivity index is 0.00000200. The monoisotopic (exact) mass is 328 g/mol. The number of nitrogens with two attached hydrogens (primary N) is 1. The molecule has 0 amide bonds. The fourth-order valence-corrected chi connectivity index (χ4v) is 2.16. The van der Waals surface area contributed by atoms with Crippen molar-refractivity contribution in [3.8, 4) is 5.75 Å². The molecule has 116 valence electrons. The van der Waals surface area contributed by atoms with E-state index in [-0.39, 0.29) is 30.9 Å². The number of methoxy groups -OCH3 is 1. The Kier molecular flexibility index (Phi) is 8.86. The Morgan fingerprint density at radius 3 is 2.19 bits per heavy atom. The molecule has 0 spiro atoms. The van der Waals surface area contributed by atoms with Crippen molar-refractivity contribution in [2.75, 3.05) is 19.9 Å². The van der Waals surface area contributed by atoms with Crippen LogP contribution < -0.4 is 15.8 Å². The number of anilines is 1. The van der Waals surface area contributed by atoms with Gasteiger partial charge in [0, 0.05) is 11.7 Å². The maximum Gasteiger partial charge on any atom is 0.118 e. The number of hydrogen-bond donors (Lipinski definition) is 2. The van der Waals surface area contributed by atoms with Gasteiger partial charge < -0.3 is 15.8 Å². The summed E-state index contributed by atoms with van der Waals surface area (Å²) >= 11 is 0. The molecule has 0 aliphatic carbocycles. The number of nitrogen functional groups attached to an aromatic ring is 1. The first-order valence-corrected chi connectivity index (χ1v) is 6.39. The summed E-state index contributed by atoms with van der Waals surface area (Å²) in [4.78, 5) is 0. The van der Waals surface area contributed by atoms with Crippen LogP contribution in [0.2, 0.25) is 0 Å². The summed E-state index contributed by atoms with van der Waals surface area (Å²) in [7, 11) is 3.64. The minimum Gasteiger partial charge on any atom is -0.497 e. The van der Waals surface area contributed by atoms with Gasteiger partial charge in [-0.2, -0.15) is 0 Å².